The lowest BCUT2D eigenvalue weighted by Gasteiger charge is -2.42. The van der Waals surface area contributed by atoms with E-state index in [1.165, 1.54) is 12.3 Å². The van der Waals surface area contributed by atoms with Gasteiger partial charge in [0.25, 0.3) is 5.91 Å². The molecule has 0 aliphatic carbocycles. The van der Waals surface area contributed by atoms with Crippen LogP contribution in [-0.4, -0.2) is 100 Å². The van der Waals surface area contributed by atoms with E-state index >= 15 is 0 Å². The number of piperidine rings is 1. The Morgan fingerprint density at radius 3 is 2.31 bits per heavy atom. The van der Waals surface area contributed by atoms with E-state index < -0.39 is 10.0 Å². The second kappa shape index (κ2) is 16.3. The fourth-order valence-corrected chi connectivity index (χ4v) is 8.14. The number of sulfonamides is 1. The Hall–Kier alpha value is -4.76. The molecule has 0 saturated carbocycles. The highest BCUT2D eigenvalue weighted by Crippen LogP contribution is 2.35. The van der Waals surface area contributed by atoms with Gasteiger partial charge in [-0.15, -0.1) is 0 Å². The van der Waals surface area contributed by atoms with E-state index in [0.717, 1.165) is 74.7 Å². The van der Waals surface area contributed by atoms with Gasteiger partial charge in [-0.25, -0.2) is 18.1 Å². The van der Waals surface area contributed by atoms with Crippen LogP contribution in [0.15, 0.2) is 71.8 Å². The Labute approximate surface area is 306 Å². The molecular weight excluding hydrogens is 679 g/mol. The summed E-state index contributed by atoms with van der Waals surface area (Å²) in [5.41, 5.74) is 4.71. The number of para-hydroxylation sites is 1. The highest BCUT2D eigenvalue weighted by atomic mass is 32.2. The molecule has 0 spiro atoms. The zero-order valence-electron chi connectivity index (χ0n) is 30.6. The topological polar surface area (TPSA) is 144 Å². The van der Waals surface area contributed by atoms with Crippen LogP contribution in [0.4, 0.5) is 34.5 Å². The largest absolute Gasteiger partial charge is 0.495 e. The summed E-state index contributed by atoms with van der Waals surface area (Å²) < 4.78 is 34.6. The maximum Gasteiger partial charge on any atom is 0.255 e. The summed E-state index contributed by atoms with van der Waals surface area (Å²) in [5, 5.41) is 9.33. The van der Waals surface area contributed by atoms with Crippen LogP contribution in [0, 0.1) is 13.8 Å². The number of ether oxygens (including phenoxy) is 1. The summed E-state index contributed by atoms with van der Waals surface area (Å²) >= 11 is 0. The number of carbonyl (C=O) groups excluding carboxylic acids is 1. The summed E-state index contributed by atoms with van der Waals surface area (Å²) in [6.45, 7) is 12.2. The number of rotatable bonds is 12. The van der Waals surface area contributed by atoms with Crippen LogP contribution in [0.25, 0.3) is 0 Å². The average molecular weight is 728 g/mol. The summed E-state index contributed by atoms with van der Waals surface area (Å²) in [5.74, 6) is 0.838. The molecular formula is C38H49N9O4S. The van der Waals surface area contributed by atoms with Gasteiger partial charge in [-0.05, 0) is 70.1 Å². The Morgan fingerprint density at radius 2 is 1.62 bits per heavy atom. The Kier molecular flexibility index (Phi) is 11.6. The average Bonchev–Trinajstić information content (AvgIpc) is 3.13. The van der Waals surface area contributed by atoms with Crippen LogP contribution < -0.4 is 30.3 Å². The molecule has 13 nitrogen and oxygen atoms in total. The predicted molar refractivity (Wildman–Crippen MR) is 207 cm³/mol. The number of methoxy groups -OCH3 is 1. The fraction of sp³-hybridized carbons (Fsp3) is 0.395. The molecule has 6 rings (SSSR count). The van der Waals surface area contributed by atoms with E-state index in [1.807, 2.05) is 32.0 Å². The highest BCUT2D eigenvalue weighted by molar-refractivity contribution is 7.89. The molecule has 3 aromatic carbocycles. The van der Waals surface area contributed by atoms with Crippen LogP contribution in [0.5, 0.6) is 5.75 Å². The van der Waals surface area contributed by atoms with Crippen molar-refractivity contribution >= 4 is 50.4 Å². The van der Waals surface area contributed by atoms with Crippen LogP contribution in [0.3, 0.4) is 0 Å². The van der Waals surface area contributed by atoms with Gasteiger partial charge in [0.2, 0.25) is 16.0 Å². The number of hydrogen-bond donors (Lipinski definition) is 4. The van der Waals surface area contributed by atoms with E-state index in [9.17, 15) is 13.2 Å². The molecule has 3 heterocycles. The van der Waals surface area contributed by atoms with Gasteiger partial charge in [-0.1, -0.05) is 36.2 Å². The molecule has 0 radical (unpaired) electrons. The van der Waals surface area contributed by atoms with Gasteiger partial charge in [0.1, 0.15) is 16.3 Å². The monoisotopic (exact) mass is 727 g/mol. The number of piperazine rings is 1. The van der Waals surface area contributed by atoms with Gasteiger partial charge in [0, 0.05) is 69.2 Å². The van der Waals surface area contributed by atoms with Gasteiger partial charge < -0.3 is 30.5 Å². The Bertz CT molecular complexity index is 1970. The van der Waals surface area contributed by atoms with Crippen LogP contribution in [0.2, 0.25) is 0 Å². The molecule has 2 aliphatic heterocycles. The third-order valence-corrected chi connectivity index (χ3v) is 11.2. The summed E-state index contributed by atoms with van der Waals surface area (Å²) in [4.78, 5) is 30.1. The van der Waals surface area contributed by atoms with Crippen molar-refractivity contribution in [2.75, 3.05) is 80.8 Å². The van der Waals surface area contributed by atoms with Crippen LogP contribution >= 0.6 is 0 Å². The molecule has 276 valence electrons. The molecule has 2 saturated heterocycles. The normalized spacial score (nSPS) is 16.1. The van der Waals surface area contributed by atoms with Gasteiger partial charge in [-0.2, -0.15) is 4.98 Å². The Morgan fingerprint density at radius 1 is 0.904 bits per heavy atom. The highest BCUT2D eigenvalue weighted by Gasteiger charge is 2.28. The third-order valence-electron chi connectivity index (χ3n) is 9.58. The number of carbonyl (C=O) groups is 1. The van der Waals surface area contributed by atoms with E-state index in [-0.39, 0.29) is 40.5 Å². The lowest BCUT2D eigenvalue weighted by molar-refractivity contribution is 0.0981. The van der Waals surface area contributed by atoms with Crippen molar-refractivity contribution in [3.63, 3.8) is 0 Å². The van der Waals surface area contributed by atoms with Gasteiger partial charge in [0.15, 0.2) is 5.82 Å². The number of aryl methyl sites for hydroxylation is 2. The molecule has 52 heavy (non-hydrogen) atoms. The maximum absolute atomic E-state index is 13.4. The lowest BCUT2D eigenvalue weighted by atomic mass is 10.0. The van der Waals surface area contributed by atoms with E-state index in [0.29, 0.717) is 17.3 Å². The third kappa shape index (κ3) is 8.81. The quantitative estimate of drug-likeness (QED) is 0.150. The SMILES string of the molecule is CCNS(=O)(=O)c1ccccc1Nc1nc(Nc2ccc(N3CCC(N4CCN(C)CC4)CC3)c(OC)c2)ncc1NC(=O)c1cc(C)cc(C)c1. The zero-order valence-corrected chi connectivity index (χ0v) is 31.4. The maximum atomic E-state index is 13.4. The molecule has 0 atom stereocenters. The molecule has 4 aromatic rings. The summed E-state index contributed by atoms with van der Waals surface area (Å²) in [6.07, 6.45) is 3.72. The first-order valence-corrected chi connectivity index (χ1v) is 19.3. The first kappa shape index (κ1) is 37.0. The smallest absolute Gasteiger partial charge is 0.255 e. The van der Waals surface area contributed by atoms with Crippen LogP contribution in [-0.2, 0) is 10.0 Å². The van der Waals surface area contributed by atoms with E-state index in [4.69, 9.17) is 9.72 Å². The van der Waals surface area contributed by atoms with Crippen molar-refractivity contribution in [3.8, 4) is 5.75 Å². The van der Waals surface area contributed by atoms with Gasteiger partial charge in [0.05, 0.1) is 24.7 Å². The van der Waals surface area contributed by atoms with E-state index in [1.54, 1.807) is 44.4 Å². The van der Waals surface area contributed by atoms with E-state index in [2.05, 4.69) is 53.5 Å². The second-order valence-electron chi connectivity index (χ2n) is 13.5. The number of anilines is 6. The summed E-state index contributed by atoms with van der Waals surface area (Å²) in [6, 6.07) is 18.7. The number of benzene rings is 3. The Balaban J connectivity index is 1.24. The molecule has 0 bridgehead atoms. The molecule has 1 aromatic heterocycles. The number of likely N-dealkylation sites (N-methyl/N-ethyl adjacent to an activating group) is 1. The van der Waals surface area contributed by atoms with Crippen molar-refractivity contribution < 1.29 is 17.9 Å². The number of nitrogens with one attached hydrogen (secondary N) is 4. The van der Waals surface area contributed by atoms with Crippen molar-refractivity contribution in [2.45, 2.75) is 44.6 Å². The van der Waals surface area contributed by atoms with Crippen molar-refractivity contribution in [1.29, 1.82) is 0 Å². The minimum Gasteiger partial charge on any atom is -0.495 e. The molecule has 4 N–H and O–H groups in total. The summed E-state index contributed by atoms with van der Waals surface area (Å²) in [7, 11) is 0.0407. The predicted octanol–water partition coefficient (Wildman–Crippen LogP) is 5.36. The number of amides is 1. The standard InChI is InChI=1S/C38H49N9O4S/c1-6-40-52(49,50)35-10-8-7-9-31(35)42-36-32(43-37(48)28-22-26(2)21-27(3)23-28)25-39-38(44-36)41-29-11-12-33(34(24-29)51-5)47-15-13-30(14-16-47)46-19-17-45(4)18-20-46/h7-12,21-25,30,40H,6,13-20H2,1-5H3,(H,43,48)(H2,39,41,42,44). The number of hydrogen-bond acceptors (Lipinski definition) is 11. The van der Waals surface area contributed by atoms with Crippen molar-refractivity contribution in [2.24, 2.45) is 0 Å². The number of aromatic nitrogens is 2. The second-order valence-corrected chi connectivity index (χ2v) is 15.2. The molecule has 1 amide bonds. The fourth-order valence-electron chi connectivity index (χ4n) is 6.93. The molecule has 2 fully saturated rings. The zero-order chi connectivity index (χ0) is 36.8. The van der Waals surface area contributed by atoms with Gasteiger partial charge in [-0.3, -0.25) is 9.69 Å². The van der Waals surface area contributed by atoms with Gasteiger partial charge >= 0.3 is 0 Å². The first-order valence-electron chi connectivity index (χ1n) is 17.8. The van der Waals surface area contributed by atoms with Crippen molar-refractivity contribution in [1.82, 2.24) is 24.5 Å². The van der Waals surface area contributed by atoms with Crippen LogP contribution in [0.1, 0.15) is 41.3 Å². The molecule has 14 heteroatoms. The molecule has 2 aliphatic rings. The first-order chi connectivity index (χ1) is 25.0. The number of nitrogens with zero attached hydrogens (tertiary/aromatic N) is 5. The minimum absolute atomic E-state index is 0.0458. The van der Waals surface area contributed by atoms with Crippen molar-refractivity contribution in [3.05, 3.63) is 83.6 Å². The lowest BCUT2D eigenvalue weighted by Crippen LogP contribution is -2.52. The minimum atomic E-state index is -3.82. The molecule has 0 unspecified atom stereocenters.